The van der Waals surface area contributed by atoms with Gasteiger partial charge in [0.2, 0.25) is 0 Å². The summed E-state index contributed by atoms with van der Waals surface area (Å²) in [7, 11) is 1.57. The van der Waals surface area contributed by atoms with Gasteiger partial charge in [-0.1, -0.05) is 0 Å². The van der Waals surface area contributed by atoms with Crippen molar-refractivity contribution in [1.29, 1.82) is 0 Å². The van der Waals surface area contributed by atoms with E-state index in [-0.39, 0.29) is 5.82 Å². The summed E-state index contributed by atoms with van der Waals surface area (Å²) in [5.41, 5.74) is 1.62. The molecule has 0 N–H and O–H groups in total. The summed E-state index contributed by atoms with van der Waals surface area (Å²) in [6.45, 7) is 1.93. The second kappa shape index (κ2) is 5.06. The zero-order valence-corrected chi connectivity index (χ0v) is 11.2. The van der Waals surface area contributed by atoms with Crippen molar-refractivity contribution >= 4 is 24.0 Å². The van der Waals surface area contributed by atoms with Crippen LogP contribution < -0.4 is 4.74 Å². The maximum atomic E-state index is 13.3. The van der Waals surface area contributed by atoms with Crippen molar-refractivity contribution in [3.63, 3.8) is 0 Å². The van der Waals surface area contributed by atoms with Gasteiger partial charge in [-0.2, -0.15) is 12.6 Å². The van der Waals surface area contributed by atoms with Gasteiger partial charge in [0.25, 0.3) is 0 Å². The summed E-state index contributed by atoms with van der Waals surface area (Å²) in [6.07, 6.45) is 0. The molecule has 0 saturated heterocycles. The molecule has 0 fully saturated rings. The van der Waals surface area contributed by atoms with Gasteiger partial charge in [-0.3, -0.25) is 0 Å². The Labute approximate surface area is 109 Å². The van der Waals surface area contributed by atoms with Gasteiger partial charge in [-0.25, -0.2) is 9.37 Å². The molecule has 0 spiro atoms. The van der Waals surface area contributed by atoms with E-state index in [0.717, 1.165) is 15.6 Å². The largest absolute Gasteiger partial charge is 0.496 e. The second-order valence-electron chi connectivity index (χ2n) is 3.53. The molecule has 1 aromatic heterocycles. The first-order chi connectivity index (χ1) is 8.15. The minimum Gasteiger partial charge on any atom is -0.496 e. The highest BCUT2D eigenvalue weighted by Gasteiger charge is 2.13. The molecule has 0 saturated carbocycles. The molecule has 0 amide bonds. The Bertz CT molecular complexity index is 539. The molecule has 0 aliphatic carbocycles. The van der Waals surface area contributed by atoms with Crippen LogP contribution in [0, 0.1) is 12.7 Å². The number of rotatable bonds is 3. The number of hydrogen-bond acceptors (Lipinski definition) is 4. The molecular weight excluding hydrogens is 257 g/mol. The maximum Gasteiger partial charge on any atom is 0.129 e. The molecule has 90 valence electrons. The summed E-state index contributed by atoms with van der Waals surface area (Å²) >= 11 is 5.76. The van der Waals surface area contributed by atoms with Crippen LogP contribution in [0.1, 0.15) is 10.6 Å². The van der Waals surface area contributed by atoms with Crippen molar-refractivity contribution in [2.45, 2.75) is 12.7 Å². The van der Waals surface area contributed by atoms with Gasteiger partial charge in [0.15, 0.2) is 0 Å². The smallest absolute Gasteiger partial charge is 0.129 e. The molecule has 17 heavy (non-hydrogen) atoms. The van der Waals surface area contributed by atoms with Crippen LogP contribution in [-0.4, -0.2) is 12.1 Å². The molecule has 2 nitrogen and oxygen atoms in total. The van der Waals surface area contributed by atoms with Gasteiger partial charge in [0, 0.05) is 10.6 Å². The summed E-state index contributed by atoms with van der Waals surface area (Å²) in [5.74, 6) is 0.980. The van der Waals surface area contributed by atoms with Gasteiger partial charge in [0.1, 0.15) is 16.6 Å². The number of aryl methyl sites for hydroxylation is 1. The second-order valence-corrected chi connectivity index (χ2v) is 4.93. The highest BCUT2D eigenvalue weighted by atomic mass is 32.1. The number of ether oxygens (including phenoxy) is 1. The third kappa shape index (κ3) is 2.45. The average molecular weight is 269 g/mol. The third-order valence-electron chi connectivity index (χ3n) is 2.43. The van der Waals surface area contributed by atoms with E-state index >= 15 is 0 Å². The van der Waals surface area contributed by atoms with E-state index in [1.165, 1.54) is 23.5 Å². The van der Waals surface area contributed by atoms with E-state index in [4.69, 9.17) is 4.74 Å². The third-order valence-corrected chi connectivity index (χ3v) is 4.15. The lowest BCUT2D eigenvalue weighted by molar-refractivity contribution is 0.415. The normalized spacial score (nSPS) is 10.6. The molecule has 0 aliphatic rings. The lowest BCUT2D eigenvalue weighted by Gasteiger charge is -2.05. The number of halogens is 1. The fourth-order valence-electron chi connectivity index (χ4n) is 1.54. The van der Waals surface area contributed by atoms with Crippen molar-refractivity contribution in [2.24, 2.45) is 0 Å². The highest BCUT2D eigenvalue weighted by molar-refractivity contribution is 7.79. The van der Waals surface area contributed by atoms with Gasteiger partial charge in [-0.15, -0.1) is 11.3 Å². The van der Waals surface area contributed by atoms with Crippen LogP contribution in [0.2, 0.25) is 0 Å². The van der Waals surface area contributed by atoms with E-state index in [1.54, 1.807) is 13.2 Å². The van der Waals surface area contributed by atoms with E-state index in [0.29, 0.717) is 17.1 Å². The first-order valence-electron chi connectivity index (χ1n) is 5.06. The van der Waals surface area contributed by atoms with Gasteiger partial charge >= 0.3 is 0 Å². The molecule has 2 rings (SSSR count). The van der Waals surface area contributed by atoms with Crippen LogP contribution in [0.5, 0.6) is 5.75 Å². The molecule has 5 heteroatoms. The first-order valence-corrected chi connectivity index (χ1v) is 6.51. The number of hydrogen-bond donors (Lipinski definition) is 1. The van der Waals surface area contributed by atoms with E-state index < -0.39 is 0 Å². The van der Waals surface area contributed by atoms with Crippen molar-refractivity contribution in [3.05, 3.63) is 34.6 Å². The Kier molecular flexibility index (Phi) is 3.69. The molecular formula is C12H12FNOS2. The van der Waals surface area contributed by atoms with Crippen LogP contribution >= 0.6 is 24.0 Å². The predicted molar refractivity (Wildman–Crippen MR) is 71.5 cm³/mol. The Morgan fingerprint density at radius 3 is 2.82 bits per heavy atom. The number of thiol groups is 1. The van der Waals surface area contributed by atoms with Gasteiger partial charge < -0.3 is 4.74 Å². The molecule has 0 bridgehead atoms. The molecule has 1 aromatic carbocycles. The number of thiazole rings is 1. The molecule has 0 radical (unpaired) electrons. The van der Waals surface area contributed by atoms with Crippen LogP contribution in [0.15, 0.2) is 18.2 Å². The Balaban J connectivity index is 2.54. The van der Waals surface area contributed by atoms with Gasteiger partial charge in [0.05, 0.1) is 18.4 Å². The summed E-state index contributed by atoms with van der Waals surface area (Å²) < 4.78 is 18.5. The van der Waals surface area contributed by atoms with Crippen LogP contribution in [0.25, 0.3) is 10.6 Å². The fourth-order valence-corrected chi connectivity index (χ4v) is 2.90. The monoisotopic (exact) mass is 269 g/mol. The van der Waals surface area contributed by atoms with Crippen LogP contribution in [-0.2, 0) is 5.75 Å². The van der Waals surface area contributed by atoms with Crippen LogP contribution in [0.3, 0.4) is 0 Å². The quantitative estimate of drug-likeness (QED) is 0.858. The van der Waals surface area contributed by atoms with E-state index in [9.17, 15) is 4.39 Å². The van der Waals surface area contributed by atoms with E-state index in [2.05, 4.69) is 17.6 Å². The minimum absolute atomic E-state index is 0.291. The minimum atomic E-state index is -0.291. The molecule has 0 atom stereocenters. The maximum absolute atomic E-state index is 13.3. The summed E-state index contributed by atoms with van der Waals surface area (Å²) in [4.78, 5) is 5.52. The number of benzene rings is 1. The lowest BCUT2D eigenvalue weighted by Crippen LogP contribution is -1.88. The van der Waals surface area contributed by atoms with Crippen molar-refractivity contribution in [3.8, 4) is 16.3 Å². The van der Waals surface area contributed by atoms with E-state index in [1.807, 2.05) is 6.92 Å². The van der Waals surface area contributed by atoms with Crippen molar-refractivity contribution < 1.29 is 9.13 Å². The highest BCUT2D eigenvalue weighted by Crippen LogP contribution is 2.35. The number of methoxy groups -OCH3 is 1. The topological polar surface area (TPSA) is 22.1 Å². The standard InChI is InChI=1S/C12H12FNOS2/c1-7-11(6-16)17-12(14-7)9-5-8(13)3-4-10(9)15-2/h3-5,16H,6H2,1-2H3. The fraction of sp³-hybridized carbons (Fsp3) is 0.250. The molecule has 1 heterocycles. The predicted octanol–water partition coefficient (Wildman–Crippen LogP) is 3.70. The molecule has 0 unspecified atom stereocenters. The summed E-state index contributed by atoms with van der Waals surface area (Å²) in [5, 5.41) is 0.767. The number of aromatic nitrogens is 1. The average Bonchev–Trinajstić information content (AvgIpc) is 2.70. The first kappa shape index (κ1) is 12.4. The Hall–Kier alpha value is -1.07. The van der Waals surface area contributed by atoms with Crippen LogP contribution in [0.4, 0.5) is 4.39 Å². The number of nitrogens with zero attached hydrogens (tertiary/aromatic N) is 1. The van der Waals surface area contributed by atoms with Gasteiger partial charge in [-0.05, 0) is 25.1 Å². The lowest BCUT2D eigenvalue weighted by atomic mass is 10.2. The zero-order chi connectivity index (χ0) is 12.4. The Morgan fingerprint density at radius 2 is 2.24 bits per heavy atom. The molecule has 2 aromatic rings. The van der Waals surface area contributed by atoms with Crippen molar-refractivity contribution in [1.82, 2.24) is 4.98 Å². The SMILES string of the molecule is COc1ccc(F)cc1-c1nc(C)c(CS)s1. The Morgan fingerprint density at radius 1 is 1.47 bits per heavy atom. The van der Waals surface area contributed by atoms with Crippen molar-refractivity contribution in [2.75, 3.05) is 7.11 Å². The zero-order valence-electron chi connectivity index (χ0n) is 9.53. The summed E-state index contributed by atoms with van der Waals surface area (Å²) in [6, 6.07) is 4.43. The molecule has 0 aliphatic heterocycles.